The molecule has 0 unspecified atom stereocenters. The molecule has 0 radical (unpaired) electrons. The summed E-state index contributed by atoms with van der Waals surface area (Å²) in [6.07, 6.45) is 4.25. The van der Waals surface area contributed by atoms with Gasteiger partial charge < -0.3 is 10.0 Å². The lowest BCUT2D eigenvalue weighted by molar-refractivity contribution is 0.446. The Kier molecular flexibility index (Phi) is 6.46. The minimum absolute atomic E-state index is 0.287. The first kappa shape index (κ1) is 19.7. The molecule has 0 amide bonds. The Hall–Kier alpha value is -3.10. The molecule has 28 heavy (non-hydrogen) atoms. The molecule has 0 heterocycles. The van der Waals surface area contributed by atoms with Gasteiger partial charge in [-0.1, -0.05) is 84.5 Å². The van der Waals surface area contributed by atoms with Crippen molar-refractivity contribution in [3.63, 3.8) is 0 Å². The van der Waals surface area contributed by atoms with Gasteiger partial charge in [0.25, 0.3) is 0 Å². The number of rotatable bonds is 6. The summed E-state index contributed by atoms with van der Waals surface area (Å²) in [6.45, 7) is 3.02. The quantitative estimate of drug-likeness (QED) is 0.543. The SMILES string of the molecule is C/C(CN(C)C)=C(\c1ccc(/C=C/c2ccccc2)cc1)c1cccc(O)c1. The Labute approximate surface area is 168 Å². The van der Waals surface area contributed by atoms with Crippen molar-refractivity contribution in [3.8, 4) is 5.75 Å². The molecule has 0 saturated heterocycles. The van der Waals surface area contributed by atoms with E-state index < -0.39 is 0 Å². The van der Waals surface area contributed by atoms with Crippen LogP contribution in [0.25, 0.3) is 17.7 Å². The third-order valence-corrected chi connectivity index (χ3v) is 4.58. The number of benzene rings is 3. The van der Waals surface area contributed by atoms with E-state index in [1.54, 1.807) is 6.07 Å². The molecule has 0 aliphatic carbocycles. The average Bonchev–Trinajstić information content (AvgIpc) is 2.68. The van der Waals surface area contributed by atoms with Crippen LogP contribution in [0.4, 0.5) is 0 Å². The number of likely N-dealkylation sites (N-methyl/N-ethyl adjacent to an activating group) is 1. The van der Waals surface area contributed by atoms with E-state index in [1.807, 2.05) is 30.3 Å². The van der Waals surface area contributed by atoms with E-state index >= 15 is 0 Å². The van der Waals surface area contributed by atoms with Gasteiger partial charge in [0, 0.05) is 6.54 Å². The van der Waals surface area contributed by atoms with Crippen molar-refractivity contribution in [1.82, 2.24) is 4.90 Å². The topological polar surface area (TPSA) is 23.5 Å². The van der Waals surface area contributed by atoms with E-state index in [0.717, 1.165) is 23.2 Å². The molecule has 0 aliphatic rings. The first-order chi connectivity index (χ1) is 13.5. The monoisotopic (exact) mass is 369 g/mol. The fourth-order valence-electron chi connectivity index (χ4n) is 3.39. The van der Waals surface area contributed by atoms with Crippen molar-refractivity contribution >= 4 is 17.7 Å². The molecule has 3 rings (SSSR count). The van der Waals surface area contributed by atoms with Crippen molar-refractivity contribution < 1.29 is 5.11 Å². The number of aromatic hydroxyl groups is 1. The zero-order valence-electron chi connectivity index (χ0n) is 16.8. The van der Waals surface area contributed by atoms with Crippen LogP contribution in [-0.4, -0.2) is 30.6 Å². The van der Waals surface area contributed by atoms with Gasteiger partial charge >= 0.3 is 0 Å². The summed E-state index contributed by atoms with van der Waals surface area (Å²) in [5, 5.41) is 9.95. The summed E-state index contributed by atoms with van der Waals surface area (Å²) < 4.78 is 0. The van der Waals surface area contributed by atoms with E-state index in [9.17, 15) is 5.11 Å². The first-order valence-electron chi connectivity index (χ1n) is 9.50. The second-order valence-electron chi connectivity index (χ2n) is 7.31. The van der Waals surface area contributed by atoms with Crippen molar-refractivity contribution in [2.45, 2.75) is 6.92 Å². The lowest BCUT2D eigenvalue weighted by Crippen LogP contribution is -2.15. The number of phenolic OH excluding ortho intramolecular Hbond substituents is 1. The lowest BCUT2D eigenvalue weighted by atomic mass is 9.92. The Morgan fingerprint density at radius 3 is 2.04 bits per heavy atom. The van der Waals surface area contributed by atoms with Crippen LogP contribution in [0.1, 0.15) is 29.2 Å². The highest BCUT2D eigenvalue weighted by atomic mass is 16.3. The summed E-state index contributed by atoms with van der Waals surface area (Å²) in [5.74, 6) is 0.287. The predicted molar refractivity (Wildman–Crippen MR) is 120 cm³/mol. The lowest BCUT2D eigenvalue weighted by Gasteiger charge is -2.17. The molecule has 3 aromatic rings. The summed E-state index contributed by atoms with van der Waals surface area (Å²) >= 11 is 0. The highest BCUT2D eigenvalue weighted by molar-refractivity contribution is 5.83. The molecular weight excluding hydrogens is 342 g/mol. The zero-order chi connectivity index (χ0) is 19.9. The third kappa shape index (κ3) is 5.21. The molecule has 142 valence electrons. The van der Waals surface area contributed by atoms with Crippen molar-refractivity contribution in [3.05, 3.63) is 107 Å². The largest absolute Gasteiger partial charge is 0.508 e. The molecule has 0 spiro atoms. The number of phenols is 1. The molecule has 0 atom stereocenters. The van der Waals surface area contributed by atoms with Gasteiger partial charge in [-0.05, 0) is 61.0 Å². The zero-order valence-corrected chi connectivity index (χ0v) is 16.8. The number of hydrogen-bond acceptors (Lipinski definition) is 2. The Balaban J connectivity index is 1.93. The Morgan fingerprint density at radius 1 is 0.786 bits per heavy atom. The normalized spacial score (nSPS) is 12.4. The van der Waals surface area contributed by atoms with E-state index in [-0.39, 0.29) is 5.75 Å². The fourth-order valence-corrected chi connectivity index (χ4v) is 3.39. The van der Waals surface area contributed by atoms with Gasteiger partial charge in [0.15, 0.2) is 0 Å². The molecule has 2 nitrogen and oxygen atoms in total. The highest BCUT2D eigenvalue weighted by Crippen LogP contribution is 2.29. The predicted octanol–water partition coefficient (Wildman–Crippen LogP) is 5.95. The summed E-state index contributed by atoms with van der Waals surface area (Å²) in [4.78, 5) is 2.16. The van der Waals surface area contributed by atoms with Gasteiger partial charge in [0.1, 0.15) is 5.75 Å². The molecule has 0 bridgehead atoms. The van der Waals surface area contributed by atoms with E-state index in [1.165, 1.54) is 16.7 Å². The van der Waals surface area contributed by atoms with Gasteiger partial charge in [-0.2, -0.15) is 0 Å². The van der Waals surface area contributed by atoms with E-state index in [0.29, 0.717) is 0 Å². The number of nitrogens with zero attached hydrogens (tertiary/aromatic N) is 1. The minimum atomic E-state index is 0.287. The van der Waals surface area contributed by atoms with E-state index in [2.05, 4.69) is 80.5 Å². The maximum Gasteiger partial charge on any atom is 0.116 e. The Morgan fingerprint density at radius 2 is 1.43 bits per heavy atom. The average molecular weight is 370 g/mol. The van der Waals surface area contributed by atoms with Crippen molar-refractivity contribution in [1.29, 1.82) is 0 Å². The van der Waals surface area contributed by atoms with Gasteiger partial charge in [-0.3, -0.25) is 0 Å². The molecule has 0 fully saturated rings. The van der Waals surface area contributed by atoms with Crippen molar-refractivity contribution in [2.75, 3.05) is 20.6 Å². The minimum Gasteiger partial charge on any atom is -0.508 e. The molecule has 3 aromatic carbocycles. The maximum atomic E-state index is 9.95. The maximum absolute atomic E-state index is 9.95. The van der Waals surface area contributed by atoms with Crippen LogP contribution in [0.15, 0.2) is 84.4 Å². The van der Waals surface area contributed by atoms with Crippen LogP contribution >= 0.6 is 0 Å². The van der Waals surface area contributed by atoms with Gasteiger partial charge in [0.05, 0.1) is 0 Å². The standard InChI is InChI=1S/C26H27NO/c1-20(19-27(2)3)26(24-10-7-11-25(28)18-24)23-16-14-22(15-17-23)13-12-21-8-5-4-6-9-21/h4-18,28H,19H2,1-3H3/b13-12+,26-20-. The van der Waals surface area contributed by atoms with Crippen LogP contribution in [-0.2, 0) is 0 Å². The Bertz CT molecular complexity index is 967. The van der Waals surface area contributed by atoms with Crippen LogP contribution in [0.5, 0.6) is 5.75 Å². The second kappa shape index (κ2) is 9.20. The molecule has 0 aromatic heterocycles. The van der Waals surface area contributed by atoms with Crippen LogP contribution in [0, 0.1) is 0 Å². The van der Waals surface area contributed by atoms with Gasteiger partial charge in [0.2, 0.25) is 0 Å². The molecule has 1 N–H and O–H groups in total. The smallest absolute Gasteiger partial charge is 0.116 e. The molecular formula is C26H27NO. The third-order valence-electron chi connectivity index (χ3n) is 4.58. The van der Waals surface area contributed by atoms with Gasteiger partial charge in [-0.25, -0.2) is 0 Å². The molecule has 2 heteroatoms. The summed E-state index contributed by atoms with van der Waals surface area (Å²) in [6, 6.07) is 26.4. The van der Waals surface area contributed by atoms with Crippen molar-refractivity contribution in [2.24, 2.45) is 0 Å². The molecule has 0 aliphatic heterocycles. The summed E-state index contributed by atoms with van der Waals surface area (Å²) in [5.41, 5.74) is 6.97. The van der Waals surface area contributed by atoms with E-state index in [4.69, 9.17) is 0 Å². The second-order valence-corrected chi connectivity index (χ2v) is 7.31. The van der Waals surface area contributed by atoms with Gasteiger partial charge in [-0.15, -0.1) is 0 Å². The van der Waals surface area contributed by atoms with Crippen LogP contribution < -0.4 is 0 Å². The summed E-state index contributed by atoms with van der Waals surface area (Å²) in [7, 11) is 4.14. The highest BCUT2D eigenvalue weighted by Gasteiger charge is 2.10. The van der Waals surface area contributed by atoms with Crippen LogP contribution in [0.2, 0.25) is 0 Å². The first-order valence-corrected chi connectivity index (χ1v) is 9.50. The molecule has 0 saturated carbocycles. The van der Waals surface area contributed by atoms with Crippen LogP contribution in [0.3, 0.4) is 0 Å². The number of hydrogen-bond donors (Lipinski definition) is 1. The fraction of sp³-hybridized carbons (Fsp3) is 0.154.